The number of hydrogen-bond acceptors (Lipinski definition) is 5. The van der Waals surface area contributed by atoms with E-state index in [1.807, 2.05) is 13.8 Å². The predicted octanol–water partition coefficient (Wildman–Crippen LogP) is 2.63. The number of rotatable bonds is 4. The average molecular weight is 362 g/mol. The summed E-state index contributed by atoms with van der Waals surface area (Å²) in [6.45, 7) is 6.07. The van der Waals surface area contributed by atoms with Crippen molar-refractivity contribution < 1.29 is 22.1 Å². The van der Waals surface area contributed by atoms with Gasteiger partial charge in [-0.1, -0.05) is 13.3 Å². The molecule has 0 amide bonds. The van der Waals surface area contributed by atoms with Gasteiger partial charge in [0, 0.05) is 0 Å². The lowest BCUT2D eigenvalue weighted by Crippen LogP contribution is -2.36. The van der Waals surface area contributed by atoms with Gasteiger partial charge in [0.25, 0.3) is 0 Å². The zero-order valence-corrected chi connectivity index (χ0v) is 16.0. The van der Waals surface area contributed by atoms with Crippen LogP contribution in [0.4, 0.5) is 0 Å². The summed E-state index contributed by atoms with van der Waals surface area (Å²) in [7, 11) is -2.67. The van der Waals surface area contributed by atoms with Crippen molar-refractivity contribution in [2.75, 3.05) is 7.11 Å². The molecule has 0 aromatic rings. The van der Waals surface area contributed by atoms with Crippen LogP contribution in [-0.2, 0) is 24.0 Å². The van der Waals surface area contributed by atoms with Gasteiger partial charge in [0.05, 0.1) is 12.5 Å². The highest BCUT2D eigenvalue weighted by atomic mass is 32.2. The number of ether oxygens (including phenoxy) is 1. The molecule has 0 aromatic heterocycles. The molecular formula is C17H31NO5S. The number of esters is 1. The maximum absolute atomic E-state index is 12.2. The van der Waals surface area contributed by atoms with E-state index in [1.165, 1.54) is 25.7 Å². The standard InChI is InChI=1S/C16H26O2.CH5NO3S/c1-4-16(2,3)15(17)18-14-9-10-8-13(14)12-7-5-6-11(10)12;1-5-6(2,3)4/h10-14H,4-9H2,1-3H3;1H3,(H2,2,3,4). The minimum atomic E-state index is -3.66. The fraction of sp³-hybridized carbons (Fsp3) is 0.941. The second-order valence-electron chi connectivity index (χ2n) is 7.99. The second kappa shape index (κ2) is 7.30. The van der Waals surface area contributed by atoms with E-state index < -0.39 is 10.3 Å². The van der Waals surface area contributed by atoms with Crippen LogP contribution in [0.5, 0.6) is 0 Å². The summed E-state index contributed by atoms with van der Waals surface area (Å²) in [5.41, 5.74) is -0.309. The Balaban J connectivity index is 0.000000301. The van der Waals surface area contributed by atoms with Crippen LogP contribution < -0.4 is 5.14 Å². The first kappa shape index (κ1) is 19.7. The monoisotopic (exact) mass is 361 g/mol. The van der Waals surface area contributed by atoms with Crippen molar-refractivity contribution >= 4 is 16.3 Å². The van der Waals surface area contributed by atoms with E-state index in [9.17, 15) is 13.2 Å². The number of fused-ring (bicyclic) bond motifs is 5. The Kier molecular flexibility index (Phi) is 5.98. The lowest BCUT2D eigenvalue weighted by Gasteiger charge is -2.33. The highest BCUT2D eigenvalue weighted by molar-refractivity contribution is 7.84. The molecule has 3 rings (SSSR count). The molecule has 6 nitrogen and oxygen atoms in total. The third-order valence-corrected chi connectivity index (χ3v) is 6.76. The topological polar surface area (TPSA) is 95.7 Å². The number of carbonyl (C=O) groups excluding carboxylic acids is 1. The van der Waals surface area contributed by atoms with Crippen molar-refractivity contribution in [3.63, 3.8) is 0 Å². The van der Waals surface area contributed by atoms with Gasteiger partial charge in [-0.25, -0.2) is 5.14 Å². The molecule has 2 N–H and O–H groups in total. The van der Waals surface area contributed by atoms with Crippen molar-refractivity contribution in [1.82, 2.24) is 0 Å². The highest BCUT2D eigenvalue weighted by Gasteiger charge is 2.55. The predicted molar refractivity (Wildman–Crippen MR) is 91.1 cm³/mol. The third-order valence-electron chi connectivity index (χ3n) is 6.30. The van der Waals surface area contributed by atoms with Crippen LogP contribution in [0.25, 0.3) is 0 Å². The van der Waals surface area contributed by atoms with E-state index >= 15 is 0 Å². The van der Waals surface area contributed by atoms with Gasteiger partial charge in [-0.05, 0) is 69.6 Å². The number of nitrogens with two attached hydrogens (primary N) is 1. The van der Waals surface area contributed by atoms with E-state index in [4.69, 9.17) is 4.74 Å². The molecular weight excluding hydrogens is 330 g/mol. The van der Waals surface area contributed by atoms with Crippen LogP contribution in [-0.4, -0.2) is 27.6 Å². The zero-order valence-electron chi connectivity index (χ0n) is 15.2. The SMILES string of the molecule is CCC(C)(C)C(=O)OC1CC2CC1C1CCCC21.COS(N)(=O)=O. The second-order valence-corrected chi connectivity index (χ2v) is 9.31. The van der Waals surface area contributed by atoms with Gasteiger partial charge in [-0.15, -0.1) is 0 Å². The Morgan fingerprint density at radius 1 is 1.17 bits per heavy atom. The average Bonchev–Trinajstić information content (AvgIpc) is 3.19. The molecule has 3 aliphatic rings. The van der Waals surface area contributed by atoms with E-state index in [0.717, 1.165) is 37.7 Å². The minimum absolute atomic E-state index is 0.0251. The summed E-state index contributed by atoms with van der Waals surface area (Å²) in [6.07, 6.45) is 7.82. The van der Waals surface area contributed by atoms with Crippen molar-refractivity contribution in [1.29, 1.82) is 0 Å². The Labute approximate surface area is 145 Å². The lowest BCUT2D eigenvalue weighted by atomic mass is 9.80. The Hall–Kier alpha value is -0.660. The van der Waals surface area contributed by atoms with Crippen LogP contribution in [0.1, 0.15) is 59.3 Å². The van der Waals surface area contributed by atoms with Crippen molar-refractivity contribution in [2.45, 2.75) is 65.4 Å². The first-order chi connectivity index (χ1) is 11.1. The number of hydrogen-bond donors (Lipinski definition) is 1. The van der Waals surface area contributed by atoms with Crippen LogP contribution in [0, 0.1) is 29.1 Å². The largest absolute Gasteiger partial charge is 0.462 e. The van der Waals surface area contributed by atoms with Gasteiger partial charge in [0.2, 0.25) is 0 Å². The Morgan fingerprint density at radius 2 is 1.75 bits per heavy atom. The molecule has 3 saturated carbocycles. The molecule has 2 bridgehead atoms. The van der Waals surface area contributed by atoms with E-state index in [2.05, 4.69) is 16.2 Å². The molecule has 0 aliphatic heterocycles. The van der Waals surface area contributed by atoms with E-state index in [0.29, 0.717) is 5.92 Å². The van der Waals surface area contributed by atoms with Gasteiger partial charge >= 0.3 is 16.3 Å². The van der Waals surface area contributed by atoms with Crippen LogP contribution >= 0.6 is 0 Å². The van der Waals surface area contributed by atoms with Crippen molar-refractivity contribution in [2.24, 2.45) is 34.2 Å². The van der Waals surface area contributed by atoms with Gasteiger partial charge in [0.1, 0.15) is 6.10 Å². The highest BCUT2D eigenvalue weighted by Crippen LogP contribution is 2.59. The lowest BCUT2D eigenvalue weighted by molar-refractivity contribution is -0.163. The Bertz CT molecular complexity index is 559. The quantitative estimate of drug-likeness (QED) is 0.777. The summed E-state index contributed by atoms with van der Waals surface area (Å²) in [4.78, 5) is 12.2. The molecule has 3 fully saturated rings. The van der Waals surface area contributed by atoms with Gasteiger partial charge in [-0.3, -0.25) is 8.98 Å². The van der Waals surface area contributed by atoms with Crippen molar-refractivity contribution in [3.05, 3.63) is 0 Å². The van der Waals surface area contributed by atoms with Crippen LogP contribution in [0.2, 0.25) is 0 Å². The van der Waals surface area contributed by atoms with Gasteiger partial charge in [0.15, 0.2) is 0 Å². The molecule has 0 saturated heterocycles. The molecule has 5 atom stereocenters. The molecule has 140 valence electrons. The zero-order chi connectivity index (χ0) is 18.1. The molecule has 0 radical (unpaired) electrons. The fourth-order valence-electron chi connectivity index (χ4n) is 4.58. The summed E-state index contributed by atoms with van der Waals surface area (Å²) in [5, 5.41) is 4.28. The van der Waals surface area contributed by atoms with E-state index in [-0.39, 0.29) is 17.5 Å². The normalized spacial score (nSPS) is 34.5. The van der Waals surface area contributed by atoms with Gasteiger partial charge < -0.3 is 4.74 Å². The van der Waals surface area contributed by atoms with E-state index in [1.54, 1.807) is 0 Å². The summed E-state index contributed by atoms with van der Waals surface area (Å²) in [5.74, 6) is 3.44. The smallest absolute Gasteiger partial charge is 0.333 e. The molecule has 24 heavy (non-hydrogen) atoms. The maximum Gasteiger partial charge on any atom is 0.333 e. The first-order valence-corrected chi connectivity index (χ1v) is 10.4. The molecule has 0 aromatic carbocycles. The minimum Gasteiger partial charge on any atom is -0.462 e. The molecule has 0 spiro atoms. The third kappa shape index (κ3) is 4.29. The first-order valence-electron chi connectivity index (χ1n) is 8.88. The van der Waals surface area contributed by atoms with Crippen molar-refractivity contribution in [3.8, 4) is 0 Å². The summed E-state index contributed by atoms with van der Waals surface area (Å²) < 4.78 is 28.7. The summed E-state index contributed by atoms with van der Waals surface area (Å²) >= 11 is 0. The maximum atomic E-state index is 12.2. The molecule has 7 heteroatoms. The Morgan fingerprint density at radius 3 is 2.29 bits per heavy atom. The fourth-order valence-corrected chi connectivity index (χ4v) is 4.58. The molecule has 3 aliphatic carbocycles. The van der Waals surface area contributed by atoms with Crippen LogP contribution in [0.15, 0.2) is 0 Å². The van der Waals surface area contributed by atoms with Crippen LogP contribution in [0.3, 0.4) is 0 Å². The summed E-state index contributed by atoms with van der Waals surface area (Å²) in [6, 6.07) is 0. The molecule has 5 unspecified atom stereocenters. The van der Waals surface area contributed by atoms with Gasteiger partial charge in [-0.2, -0.15) is 8.42 Å². The molecule has 0 heterocycles. The number of carbonyl (C=O) groups is 1.